The van der Waals surface area contributed by atoms with Gasteiger partial charge in [0.05, 0.1) is 19.3 Å². The van der Waals surface area contributed by atoms with Crippen molar-refractivity contribution in [2.45, 2.75) is 53.4 Å². The van der Waals surface area contributed by atoms with E-state index in [9.17, 15) is 18.8 Å². The second-order valence-electron chi connectivity index (χ2n) is 8.86. The van der Waals surface area contributed by atoms with Gasteiger partial charge in [0.15, 0.2) is 0 Å². The van der Waals surface area contributed by atoms with E-state index in [-0.39, 0.29) is 55.1 Å². The molecule has 0 aromatic heterocycles. The van der Waals surface area contributed by atoms with Crippen LogP contribution in [0.4, 0.5) is 4.39 Å². The molecule has 8 heteroatoms. The Kier molecular flexibility index (Phi) is 8.98. The molecule has 31 heavy (non-hydrogen) atoms. The van der Waals surface area contributed by atoms with Gasteiger partial charge in [0.25, 0.3) is 0 Å². The molecule has 1 N–H and O–H groups in total. The summed E-state index contributed by atoms with van der Waals surface area (Å²) in [5.41, 5.74) is 0.421. The molecule has 0 bridgehead atoms. The highest BCUT2D eigenvalue weighted by molar-refractivity contribution is 5.90. The highest BCUT2D eigenvalue weighted by Gasteiger charge is 2.35. The van der Waals surface area contributed by atoms with E-state index in [2.05, 4.69) is 5.32 Å². The van der Waals surface area contributed by atoms with Crippen LogP contribution >= 0.6 is 0 Å². The van der Waals surface area contributed by atoms with Crippen molar-refractivity contribution < 1.29 is 23.5 Å². The van der Waals surface area contributed by atoms with Gasteiger partial charge in [-0.15, -0.1) is 0 Å². The molecule has 0 aliphatic carbocycles. The number of carbonyl (C=O) groups excluding carboxylic acids is 3. The van der Waals surface area contributed by atoms with Crippen LogP contribution in [0.2, 0.25) is 0 Å². The van der Waals surface area contributed by atoms with Gasteiger partial charge in [-0.2, -0.15) is 0 Å². The summed E-state index contributed by atoms with van der Waals surface area (Å²) in [5, 5.41) is 2.69. The van der Waals surface area contributed by atoms with Crippen LogP contribution in [-0.4, -0.2) is 65.8 Å². The highest BCUT2D eigenvalue weighted by atomic mass is 19.1. The Morgan fingerprint density at radius 3 is 2.45 bits per heavy atom. The fraction of sp³-hybridized carbons (Fsp3) is 0.609. The highest BCUT2D eigenvalue weighted by Crippen LogP contribution is 2.16. The van der Waals surface area contributed by atoms with E-state index in [1.165, 1.54) is 17.9 Å². The third kappa shape index (κ3) is 7.31. The van der Waals surface area contributed by atoms with Gasteiger partial charge in [0, 0.05) is 32.1 Å². The lowest BCUT2D eigenvalue weighted by molar-refractivity contribution is -0.142. The van der Waals surface area contributed by atoms with E-state index in [0.29, 0.717) is 18.7 Å². The monoisotopic (exact) mass is 435 g/mol. The Bertz CT molecular complexity index is 784. The number of amides is 3. The molecular formula is C23H34FN3O4. The van der Waals surface area contributed by atoms with E-state index in [0.717, 1.165) is 0 Å². The minimum atomic E-state index is -0.728. The minimum Gasteiger partial charge on any atom is -0.370 e. The third-order valence-corrected chi connectivity index (χ3v) is 5.15. The number of carbonyl (C=O) groups is 3. The molecule has 0 unspecified atom stereocenters. The van der Waals surface area contributed by atoms with Gasteiger partial charge < -0.3 is 19.9 Å². The zero-order chi connectivity index (χ0) is 23.1. The van der Waals surface area contributed by atoms with E-state index >= 15 is 0 Å². The van der Waals surface area contributed by atoms with Gasteiger partial charge in [-0.05, 0) is 17.9 Å². The minimum absolute atomic E-state index is 0.0440. The molecule has 1 aliphatic rings. The average Bonchev–Trinajstić information content (AvgIpc) is 2.83. The molecule has 172 valence electrons. The standard InChI is InChI=1S/C23H34FN3O4/c1-15(2)10-26-11-19(31-14-18-8-6-7-9-20(18)24)12-27(13-21(26)29)23(30)22(16(3)4)25-17(5)28/h6-9,15-16,19,22H,10-14H2,1-5H3,(H,25,28)/t19-,22+/m1/s1. The summed E-state index contributed by atoms with van der Waals surface area (Å²) >= 11 is 0. The molecule has 1 aliphatic heterocycles. The molecule has 1 heterocycles. The molecule has 7 nitrogen and oxygen atoms in total. The Hall–Kier alpha value is -2.48. The van der Waals surface area contributed by atoms with Crippen molar-refractivity contribution in [1.82, 2.24) is 15.1 Å². The molecule has 0 saturated carbocycles. The van der Waals surface area contributed by atoms with Crippen LogP contribution in [0.15, 0.2) is 24.3 Å². The van der Waals surface area contributed by atoms with Crippen LogP contribution < -0.4 is 5.32 Å². The summed E-state index contributed by atoms with van der Waals surface area (Å²) in [6.45, 7) is 10.1. The number of nitrogens with zero attached hydrogens (tertiary/aromatic N) is 2. The zero-order valence-electron chi connectivity index (χ0n) is 19.1. The van der Waals surface area contributed by atoms with Gasteiger partial charge in [0.2, 0.25) is 17.7 Å². The number of hydrogen-bond acceptors (Lipinski definition) is 4. The molecule has 0 spiro atoms. The van der Waals surface area contributed by atoms with Crippen LogP contribution in [-0.2, 0) is 25.7 Å². The molecule has 0 radical (unpaired) electrons. The van der Waals surface area contributed by atoms with Gasteiger partial charge in [-0.1, -0.05) is 45.9 Å². The first-order chi connectivity index (χ1) is 14.6. The zero-order valence-corrected chi connectivity index (χ0v) is 19.1. The smallest absolute Gasteiger partial charge is 0.245 e. The number of rotatable bonds is 8. The second kappa shape index (κ2) is 11.2. The largest absolute Gasteiger partial charge is 0.370 e. The Balaban J connectivity index is 2.22. The van der Waals surface area contributed by atoms with Crippen LogP contribution in [0.1, 0.15) is 40.2 Å². The summed E-state index contributed by atoms with van der Waals surface area (Å²) in [6.07, 6.45) is -0.473. The molecule has 2 rings (SSSR count). The quantitative estimate of drug-likeness (QED) is 0.679. The Labute approximate surface area is 183 Å². The maximum absolute atomic E-state index is 14.0. The fourth-order valence-electron chi connectivity index (χ4n) is 3.62. The third-order valence-electron chi connectivity index (χ3n) is 5.15. The maximum Gasteiger partial charge on any atom is 0.245 e. The normalized spacial score (nSPS) is 18.3. The lowest BCUT2D eigenvalue weighted by atomic mass is 10.0. The van der Waals surface area contributed by atoms with Gasteiger partial charge in [-0.3, -0.25) is 14.4 Å². The van der Waals surface area contributed by atoms with E-state index in [4.69, 9.17) is 4.74 Å². The van der Waals surface area contributed by atoms with Crippen molar-refractivity contribution in [3.05, 3.63) is 35.6 Å². The lowest BCUT2D eigenvalue weighted by Crippen LogP contribution is -2.53. The summed E-state index contributed by atoms with van der Waals surface area (Å²) in [7, 11) is 0. The first-order valence-electron chi connectivity index (χ1n) is 10.8. The topological polar surface area (TPSA) is 79.0 Å². The molecule has 3 amide bonds. The summed E-state index contributed by atoms with van der Waals surface area (Å²) in [4.78, 5) is 40.8. The summed E-state index contributed by atoms with van der Waals surface area (Å²) in [5.74, 6) is -1.03. The van der Waals surface area contributed by atoms with Crippen molar-refractivity contribution in [2.75, 3.05) is 26.2 Å². The number of ether oxygens (including phenoxy) is 1. The molecular weight excluding hydrogens is 401 g/mol. The van der Waals surface area contributed by atoms with Gasteiger partial charge in [-0.25, -0.2) is 4.39 Å². The summed E-state index contributed by atoms with van der Waals surface area (Å²) < 4.78 is 20.0. The number of hydrogen-bond donors (Lipinski definition) is 1. The van der Waals surface area contributed by atoms with E-state index in [1.807, 2.05) is 27.7 Å². The van der Waals surface area contributed by atoms with Crippen molar-refractivity contribution in [2.24, 2.45) is 11.8 Å². The van der Waals surface area contributed by atoms with Crippen molar-refractivity contribution >= 4 is 17.7 Å². The van der Waals surface area contributed by atoms with Crippen LogP contribution in [0.25, 0.3) is 0 Å². The molecule has 1 saturated heterocycles. The van der Waals surface area contributed by atoms with Crippen molar-refractivity contribution in [3.63, 3.8) is 0 Å². The SMILES string of the molecule is CC(=O)N[C@H](C(=O)N1CC(=O)N(CC(C)C)C[C@@H](OCc2ccccc2F)C1)C(C)C. The van der Waals surface area contributed by atoms with Crippen molar-refractivity contribution in [1.29, 1.82) is 0 Å². The first-order valence-corrected chi connectivity index (χ1v) is 10.8. The lowest BCUT2D eigenvalue weighted by Gasteiger charge is -2.29. The van der Waals surface area contributed by atoms with Crippen LogP contribution in [0, 0.1) is 17.7 Å². The molecule has 1 aromatic rings. The summed E-state index contributed by atoms with van der Waals surface area (Å²) in [6, 6.07) is 5.64. The van der Waals surface area contributed by atoms with E-state index < -0.39 is 12.1 Å². The predicted octanol–water partition coefficient (Wildman–Crippen LogP) is 2.20. The van der Waals surface area contributed by atoms with Gasteiger partial charge >= 0.3 is 0 Å². The number of benzene rings is 1. The molecule has 1 fully saturated rings. The van der Waals surface area contributed by atoms with Crippen LogP contribution in [0.3, 0.4) is 0 Å². The average molecular weight is 436 g/mol. The fourth-order valence-corrected chi connectivity index (χ4v) is 3.62. The van der Waals surface area contributed by atoms with E-state index in [1.54, 1.807) is 23.1 Å². The molecule has 1 aromatic carbocycles. The first kappa shape index (κ1) is 24.8. The van der Waals surface area contributed by atoms with Crippen molar-refractivity contribution in [3.8, 4) is 0 Å². The number of halogens is 1. The Morgan fingerprint density at radius 1 is 1.19 bits per heavy atom. The Morgan fingerprint density at radius 2 is 1.87 bits per heavy atom. The second-order valence-corrected chi connectivity index (χ2v) is 8.86. The van der Waals surface area contributed by atoms with Crippen LogP contribution in [0.5, 0.6) is 0 Å². The van der Waals surface area contributed by atoms with Gasteiger partial charge in [0.1, 0.15) is 11.9 Å². The molecule has 2 atom stereocenters. The predicted molar refractivity (Wildman–Crippen MR) is 115 cm³/mol. The number of nitrogens with one attached hydrogen (secondary N) is 1. The maximum atomic E-state index is 14.0.